The Kier molecular flexibility index (Phi) is 3.49. The number of hydrogen-bond acceptors (Lipinski definition) is 1. The molecule has 0 radical (unpaired) electrons. The zero-order chi connectivity index (χ0) is 9.12. The number of rotatable bonds is 4. The number of allylic oxidation sites excluding steroid dienone is 1. The second-order valence-corrected chi connectivity index (χ2v) is 4.54. The van der Waals surface area contributed by atoms with Gasteiger partial charge >= 0.3 is 7.60 Å². The fourth-order valence-corrected chi connectivity index (χ4v) is 2.13. The van der Waals surface area contributed by atoms with Gasteiger partial charge in [0.15, 0.2) is 0 Å². The lowest BCUT2D eigenvalue weighted by Gasteiger charge is -2.28. The van der Waals surface area contributed by atoms with Crippen LogP contribution in [0.1, 0.15) is 26.7 Å². The maximum Gasteiger partial charge on any atom is 0.335 e. The summed E-state index contributed by atoms with van der Waals surface area (Å²) in [7, 11) is -4.02. The van der Waals surface area contributed by atoms with Crippen LogP contribution in [-0.4, -0.2) is 14.9 Å². The van der Waals surface area contributed by atoms with Gasteiger partial charge in [-0.2, -0.15) is 0 Å². The summed E-state index contributed by atoms with van der Waals surface area (Å²) in [5, 5.41) is -1.01. The van der Waals surface area contributed by atoms with E-state index in [1.165, 1.54) is 6.08 Å². The number of hydrogen-bond donors (Lipinski definition) is 2. The molecule has 0 unspecified atom stereocenters. The van der Waals surface area contributed by atoms with Crippen LogP contribution < -0.4 is 0 Å². The molecule has 0 heterocycles. The van der Waals surface area contributed by atoms with Crippen LogP contribution in [0.5, 0.6) is 0 Å². The van der Waals surface area contributed by atoms with E-state index >= 15 is 0 Å². The van der Waals surface area contributed by atoms with E-state index in [1.807, 2.05) is 0 Å². The molecule has 66 valence electrons. The van der Waals surface area contributed by atoms with Crippen molar-refractivity contribution in [2.75, 3.05) is 0 Å². The average Bonchev–Trinajstić information content (AvgIpc) is 1.90. The fraction of sp³-hybridized carbons (Fsp3) is 0.714. The van der Waals surface area contributed by atoms with Gasteiger partial charge in [0, 0.05) is 0 Å². The monoisotopic (exact) mass is 178 g/mol. The Labute approximate surface area is 67.3 Å². The maximum absolute atomic E-state index is 11.0. The lowest BCUT2D eigenvalue weighted by atomic mass is 10.0. The lowest BCUT2D eigenvalue weighted by Crippen LogP contribution is -2.23. The Bertz CT molecular complexity index is 178. The summed E-state index contributed by atoms with van der Waals surface area (Å²) in [5.41, 5.74) is 0. The van der Waals surface area contributed by atoms with E-state index in [0.29, 0.717) is 12.8 Å². The molecule has 4 heteroatoms. The first-order valence-corrected chi connectivity index (χ1v) is 5.24. The molecule has 0 amide bonds. The molecule has 0 aromatic heterocycles. The minimum atomic E-state index is -4.02. The van der Waals surface area contributed by atoms with Gasteiger partial charge in [0.05, 0.1) is 5.16 Å². The minimum Gasteiger partial charge on any atom is -0.324 e. The first kappa shape index (κ1) is 10.9. The van der Waals surface area contributed by atoms with Crippen molar-refractivity contribution >= 4 is 7.60 Å². The van der Waals surface area contributed by atoms with E-state index < -0.39 is 12.8 Å². The van der Waals surface area contributed by atoms with E-state index in [2.05, 4.69) is 6.58 Å². The summed E-state index contributed by atoms with van der Waals surface area (Å²) in [5.74, 6) is 0. The van der Waals surface area contributed by atoms with Gasteiger partial charge in [-0.25, -0.2) is 0 Å². The summed E-state index contributed by atoms with van der Waals surface area (Å²) in [6.45, 7) is 6.96. The van der Waals surface area contributed by atoms with E-state index in [1.54, 1.807) is 13.8 Å². The molecule has 0 fully saturated rings. The van der Waals surface area contributed by atoms with Gasteiger partial charge < -0.3 is 9.79 Å². The zero-order valence-electron chi connectivity index (χ0n) is 6.95. The highest BCUT2D eigenvalue weighted by molar-refractivity contribution is 7.53. The molecule has 0 spiro atoms. The molecular weight excluding hydrogens is 163 g/mol. The molecule has 0 aromatic rings. The molecule has 3 nitrogen and oxygen atoms in total. The molecule has 0 saturated carbocycles. The molecule has 2 N–H and O–H groups in total. The Morgan fingerprint density at radius 1 is 1.45 bits per heavy atom. The summed E-state index contributed by atoms with van der Waals surface area (Å²) < 4.78 is 11.0. The van der Waals surface area contributed by atoms with Crippen molar-refractivity contribution in [3.8, 4) is 0 Å². The van der Waals surface area contributed by atoms with Gasteiger partial charge in [-0.3, -0.25) is 4.57 Å². The minimum absolute atomic E-state index is 0.428. The largest absolute Gasteiger partial charge is 0.335 e. The molecule has 0 aliphatic carbocycles. The van der Waals surface area contributed by atoms with Gasteiger partial charge in [0.1, 0.15) is 0 Å². The Morgan fingerprint density at radius 2 is 1.82 bits per heavy atom. The fourth-order valence-electron chi connectivity index (χ4n) is 1.07. The van der Waals surface area contributed by atoms with Crippen LogP contribution in [0.15, 0.2) is 12.7 Å². The van der Waals surface area contributed by atoms with Gasteiger partial charge in [0.2, 0.25) is 0 Å². The van der Waals surface area contributed by atoms with E-state index in [-0.39, 0.29) is 0 Å². The predicted molar refractivity (Wildman–Crippen MR) is 45.6 cm³/mol. The molecule has 0 aliphatic heterocycles. The second kappa shape index (κ2) is 3.53. The van der Waals surface area contributed by atoms with Gasteiger partial charge in [-0.05, 0) is 12.8 Å². The highest BCUT2D eigenvalue weighted by Crippen LogP contribution is 2.54. The smallest absolute Gasteiger partial charge is 0.324 e. The third kappa shape index (κ3) is 1.92. The lowest BCUT2D eigenvalue weighted by molar-refractivity contribution is 0.334. The Balaban J connectivity index is 4.84. The molecule has 11 heavy (non-hydrogen) atoms. The Hall–Kier alpha value is -0.110. The standard InChI is InChI=1S/C7H15O3P/c1-4-7(5-2,6-3)11(8,9)10/h4H,1,5-6H2,2-3H3,(H2,8,9,10). The van der Waals surface area contributed by atoms with Crippen LogP contribution in [0.2, 0.25) is 0 Å². The highest BCUT2D eigenvalue weighted by atomic mass is 31.2. The van der Waals surface area contributed by atoms with Crippen LogP contribution in [0.3, 0.4) is 0 Å². The average molecular weight is 178 g/mol. The zero-order valence-corrected chi connectivity index (χ0v) is 7.84. The van der Waals surface area contributed by atoms with Crippen molar-refractivity contribution in [3.05, 3.63) is 12.7 Å². The van der Waals surface area contributed by atoms with Crippen LogP contribution in [0.25, 0.3) is 0 Å². The summed E-state index contributed by atoms with van der Waals surface area (Å²) in [6, 6.07) is 0. The van der Waals surface area contributed by atoms with Gasteiger partial charge in [-0.15, -0.1) is 6.58 Å². The molecule has 0 aromatic carbocycles. The van der Waals surface area contributed by atoms with Crippen LogP contribution in [0, 0.1) is 0 Å². The normalized spacial score (nSPS) is 13.1. The summed E-state index contributed by atoms with van der Waals surface area (Å²) in [4.78, 5) is 17.9. The molecular formula is C7H15O3P. The van der Waals surface area contributed by atoms with E-state index in [4.69, 9.17) is 9.79 Å². The third-order valence-corrected chi connectivity index (χ3v) is 4.16. The topological polar surface area (TPSA) is 57.5 Å². The predicted octanol–water partition coefficient (Wildman–Crippen LogP) is 1.91. The van der Waals surface area contributed by atoms with Crippen molar-refractivity contribution < 1.29 is 14.4 Å². The Morgan fingerprint density at radius 3 is 1.82 bits per heavy atom. The van der Waals surface area contributed by atoms with Crippen LogP contribution >= 0.6 is 7.60 Å². The highest BCUT2D eigenvalue weighted by Gasteiger charge is 2.40. The maximum atomic E-state index is 11.0. The molecule has 0 aliphatic rings. The van der Waals surface area contributed by atoms with Gasteiger partial charge in [-0.1, -0.05) is 19.9 Å². The van der Waals surface area contributed by atoms with Crippen molar-refractivity contribution in [3.63, 3.8) is 0 Å². The van der Waals surface area contributed by atoms with Crippen LogP contribution in [0.4, 0.5) is 0 Å². The SMILES string of the molecule is C=CC(CC)(CC)P(=O)(O)O. The summed E-state index contributed by atoms with van der Waals surface area (Å²) >= 11 is 0. The molecule has 0 rings (SSSR count). The summed E-state index contributed by atoms with van der Waals surface area (Å²) in [6.07, 6.45) is 2.22. The molecule has 0 atom stereocenters. The van der Waals surface area contributed by atoms with Gasteiger partial charge in [0.25, 0.3) is 0 Å². The first-order valence-electron chi connectivity index (χ1n) is 3.62. The molecule has 0 saturated heterocycles. The van der Waals surface area contributed by atoms with Crippen molar-refractivity contribution in [2.24, 2.45) is 0 Å². The van der Waals surface area contributed by atoms with Crippen LogP contribution in [-0.2, 0) is 4.57 Å². The van der Waals surface area contributed by atoms with E-state index in [9.17, 15) is 4.57 Å². The van der Waals surface area contributed by atoms with Crippen molar-refractivity contribution in [1.82, 2.24) is 0 Å². The third-order valence-electron chi connectivity index (χ3n) is 2.18. The van der Waals surface area contributed by atoms with Crippen molar-refractivity contribution in [1.29, 1.82) is 0 Å². The second-order valence-electron chi connectivity index (χ2n) is 2.56. The first-order chi connectivity index (χ1) is 4.93. The molecule has 0 bridgehead atoms. The quantitative estimate of drug-likeness (QED) is 0.510. The van der Waals surface area contributed by atoms with E-state index in [0.717, 1.165) is 0 Å². The van der Waals surface area contributed by atoms with Crippen molar-refractivity contribution in [2.45, 2.75) is 31.8 Å².